The second kappa shape index (κ2) is 13.7. The summed E-state index contributed by atoms with van der Waals surface area (Å²) in [7, 11) is 0. The van der Waals surface area contributed by atoms with Crippen LogP contribution in [-0.4, -0.2) is 48.5 Å². The predicted octanol–water partition coefficient (Wildman–Crippen LogP) is 6.43. The van der Waals surface area contributed by atoms with Crippen LogP contribution in [0, 0.1) is 0 Å². The molecular formula is C38H40N6O5. The first-order valence-electron chi connectivity index (χ1n) is 17.2. The minimum atomic E-state index is -1.00. The molecular weight excluding hydrogens is 620 g/mol. The van der Waals surface area contributed by atoms with E-state index in [1.54, 1.807) is 31.2 Å². The van der Waals surface area contributed by atoms with Crippen LogP contribution in [0.4, 0.5) is 0 Å². The van der Waals surface area contributed by atoms with Crippen molar-refractivity contribution in [3.05, 3.63) is 106 Å². The summed E-state index contributed by atoms with van der Waals surface area (Å²) in [6.45, 7) is 4.16. The number of rotatable bonds is 12. The van der Waals surface area contributed by atoms with Gasteiger partial charge in [0, 0.05) is 23.2 Å². The van der Waals surface area contributed by atoms with Crippen LogP contribution < -0.4 is 10.3 Å². The van der Waals surface area contributed by atoms with Crippen molar-refractivity contribution in [1.82, 2.24) is 30.0 Å². The smallest absolute Gasteiger partial charge is 0.339 e. The van der Waals surface area contributed by atoms with E-state index in [0.29, 0.717) is 37.1 Å². The van der Waals surface area contributed by atoms with E-state index in [4.69, 9.17) is 9.47 Å². The summed E-state index contributed by atoms with van der Waals surface area (Å²) in [4.78, 5) is 41.0. The molecule has 4 heterocycles. The first-order chi connectivity index (χ1) is 23.9. The van der Waals surface area contributed by atoms with Gasteiger partial charge in [0.2, 0.25) is 5.82 Å². The molecule has 8 rings (SSSR count). The number of nitrogens with one attached hydrogen (secondary N) is 1. The van der Waals surface area contributed by atoms with E-state index in [1.165, 1.54) is 0 Å². The van der Waals surface area contributed by atoms with E-state index >= 15 is 0 Å². The van der Waals surface area contributed by atoms with Gasteiger partial charge >= 0.3 is 11.9 Å². The molecule has 0 atom stereocenters. The van der Waals surface area contributed by atoms with Gasteiger partial charge in [0.25, 0.3) is 5.56 Å². The van der Waals surface area contributed by atoms with Crippen LogP contribution in [0.5, 0.6) is 5.75 Å². The van der Waals surface area contributed by atoms with Crippen molar-refractivity contribution in [3.8, 4) is 28.3 Å². The third-order valence-electron chi connectivity index (χ3n) is 9.93. The highest BCUT2D eigenvalue weighted by atomic mass is 16.5. The van der Waals surface area contributed by atoms with Crippen LogP contribution in [0.3, 0.4) is 0 Å². The first-order valence-corrected chi connectivity index (χ1v) is 17.2. The van der Waals surface area contributed by atoms with Gasteiger partial charge in [-0.25, -0.2) is 14.3 Å². The fourth-order valence-electron chi connectivity index (χ4n) is 7.52. The number of unbranched alkanes of at least 4 members (excludes halogenated alkanes) is 2. The van der Waals surface area contributed by atoms with Gasteiger partial charge in [0.15, 0.2) is 5.54 Å². The Labute approximate surface area is 284 Å². The number of benzene rings is 3. The highest BCUT2D eigenvalue weighted by Gasteiger charge is 2.53. The van der Waals surface area contributed by atoms with E-state index in [-0.39, 0.29) is 24.0 Å². The number of carbonyl (C=O) groups excluding carboxylic acids is 2. The molecule has 0 unspecified atom stereocenters. The highest BCUT2D eigenvalue weighted by molar-refractivity contribution is 5.90. The monoisotopic (exact) mass is 660 g/mol. The molecule has 3 aromatic carbocycles. The number of fused-ring (bicyclic) bond motifs is 2. The average molecular weight is 661 g/mol. The molecule has 2 bridgehead atoms. The van der Waals surface area contributed by atoms with Crippen molar-refractivity contribution in [2.24, 2.45) is 0 Å². The lowest BCUT2D eigenvalue weighted by Crippen LogP contribution is -2.56. The van der Waals surface area contributed by atoms with Gasteiger partial charge in [-0.1, -0.05) is 74.4 Å². The summed E-state index contributed by atoms with van der Waals surface area (Å²) in [6.07, 6.45) is 6.77. The standard InChI is InChI=1S/C38H40N6O5/c1-3-5-6-14-33-32(23-25-15-17-26(18-16-25)30-12-7-8-13-31(30)34-39-41-42-40-34)35(45)43-28-19-21-38(22-20-28,44(33)43)37(47)49-29-11-9-10-27(24-29)36(46)48-4-2/h7-13,15-18,24,28H,3-6,14,19-23H2,1-2H3,(H,39,40,41,42). The zero-order valence-electron chi connectivity index (χ0n) is 27.9. The van der Waals surface area contributed by atoms with Gasteiger partial charge in [-0.3, -0.25) is 9.48 Å². The van der Waals surface area contributed by atoms with Crippen LogP contribution in [0.15, 0.2) is 77.6 Å². The molecule has 5 aromatic rings. The van der Waals surface area contributed by atoms with Gasteiger partial charge in [-0.15, -0.1) is 10.2 Å². The van der Waals surface area contributed by atoms with Gasteiger partial charge in [0.1, 0.15) is 5.75 Å². The Hall–Kier alpha value is -5.32. The van der Waals surface area contributed by atoms with Crippen molar-refractivity contribution in [2.75, 3.05) is 6.61 Å². The Bertz CT molecular complexity index is 2020. The molecule has 3 aliphatic rings. The molecule has 1 aliphatic carbocycles. The fourth-order valence-corrected chi connectivity index (χ4v) is 7.52. The molecule has 11 heteroatoms. The maximum atomic E-state index is 14.3. The molecule has 2 aliphatic heterocycles. The second-order valence-corrected chi connectivity index (χ2v) is 12.9. The third kappa shape index (κ3) is 5.98. The zero-order valence-corrected chi connectivity index (χ0v) is 27.9. The van der Waals surface area contributed by atoms with Crippen LogP contribution in [0.2, 0.25) is 0 Å². The summed E-state index contributed by atoms with van der Waals surface area (Å²) < 4.78 is 15.1. The van der Waals surface area contributed by atoms with Crippen LogP contribution in [0.25, 0.3) is 22.5 Å². The minimum absolute atomic E-state index is 0.0242. The molecule has 252 valence electrons. The Morgan fingerprint density at radius 3 is 2.45 bits per heavy atom. The van der Waals surface area contributed by atoms with Crippen molar-refractivity contribution >= 4 is 11.9 Å². The van der Waals surface area contributed by atoms with E-state index in [2.05, 4.69) is 51.8 Å². The molecule has 0 amide bonds. The minimum Gasteiger partial charge on any atom is -0.462 e. The summed E-state index contributed by atoms with van der Waals surface area (Å²) in [5, 5.41) is 14.6. The van der Waals surface area contributed by atoms with Gasteiger partial charge in [-0.2, -0.15) is 5.21 Å². The normalized spacial score (nSPS) is 17.9. The number of hydrogen-bond donors (Lipinski definition) is 1. The number of aromatic nitrogens is 6. The van der Waals surface area contributed by atoms with Crippen LogP contribution in [-0.2, 0) is 27.9 Å². The van der Waals surface area contributed by atoms with E-state index < -0.39 is 17.5 Å². The van der Waals surface area contributed by atoms with E-state index in [0.717, 1.165) is 65.6 Å². The molecule has 1 fully saturated rings. The zero-order chi connectivity index (χ0) is 34.0. The molecule has 1 saturated carbocycles. The maximum absolute atomic E-state index is 14.3. The van der Waals surface area contributed by atoms with Crippen molar-refractivity contribution < 1.29 is 19.1 Å². The van der Waals surface area contributed by atoms with Crippen molar-refractivity contribution in [1.29, 1.82) is 0 Å². The quantitative estimate of drug-likeness (QED) is 0.0920. The lowest BCUT2D eigenvalue weighted by Gasteiger charge is -2.47. The summed E-state index contributed by atoms with van der Waals surface area (Å²) in [5.41, 5.74) is 4.84. The lowest BCUT2D eigenvalue weighted by molar-refractivity contribution is -0.152. The molecule has 0 spiro atoms. The van der Waals surface area contributed by atoms with Crippen molar-refractivity contribution in [3.63, 3.8) is 0 Å². The molecule has 11 nitrogen and oxygen atoms in total. The van der Waals surface area contributed by atoms with Gasteiger partial charge in [-0.05, 0) is 85.6 Å². The second-order valence-electron chi connectivity index (χ2n) is 12.9. The average Bonchev–Trinajstić information content (AvgIpc) is 3.78. The number of aromatic amines is 1. The largest absolute Gasteiger partial charge is 0.462 e. The lowest BCUT2D eigenvalue weighted by atomic mass is 9.77. The number of esters is 2. The number of ether oxygens (including phenoxy) is 2. The topological polar surface area (TPSA) is 134 Å². The Kier molecular flexibility index (Phi) is 8.99. The van der Waals surface area contributed by atoms with Crippen LogP contribution in [0.1, 0.15) is 92.0 Å². The fraction of sp³-hybridized carbons (Fsp3) is 0.368. The van der Waals surface area contributed by atoms with Gasteiger partial charge < -0.3 is 9.47 Å². The molecule has 49 heavy (non-hydrogen) atoms. The molecule has 2 aromatic heterocycles. The highest BCUT2D eigenvalue weighted by Crippen LogP contribution is 2.47. The third-order valence-corrected chi connectivity index (χ3v) is 9.93. The molecule has 0 saturated heterocycles. The SMILES string of the molecule is CCCCCc1c(Cc2ccc(-c3ccccc3-c3nn[nH]n3)cc2)c(=O)n2n1C1(C(=O)Oc3cccc(C(=O)OCC)c3)CCC2CC1. The number of H-pyrrole nitrogens is 1. The number of carbonyl (C=O) groups is 2. The predicted molar refractivity (Wildman–Crippen MR) is 183 cm³/mol. The summed E-state index contributed by atoms with van der Waals surface area (Å²) in [5.74, 6) is -0.0589. The van der Waals surface area contributed by atoms with Crippen LogP contribution >= 0.6 is 0 Å². The maximum Gasteiger partial charge on any atom is 0.339 e. The Morgan fingerprint density at radius 1 is 0.959 bits per heavy atom. The molecule has 1 N–H and O–H groups in total. The summed E-state index contributed by atoms with van der Waals surface area (Å²) in [6, 6.07) is 22.7. The molecule has 0 radical (unpaired) electrons. The first kappa shape index (κ1) is 32.2. The summed E-state index contributed by atoms with van der Waals surface area (Å²) >= 11 is 0. The van der Waals surface area contributed by atoms with Gasteiger partial charge in [0.05, 0.1) is 18.2 Å². The number of hydrogen-bond acceptors (Lipinski definition) is 8. The Balaban J connectivity index is 1.23. The van der Waals surface area contributed by atoms with E-state index in [1.807, 2.05) is 33.6 Å². The van der Waals surface area contributed by atoms with Crippen molar-refractivity contribution in [2.45, 2.75) is 83.2 Å². The van der Waals surface area contributed by atoms with E-state index in [9.17, 15) is 14.4 Å². The Morgan fingerprint density at radius 2 is 1.73 bits per heavy atom. The number of tetrazole rings is 1. The number of nitrogens with zero attached hydrogens (tertiary/aromatic N) is 5.